The number of nitrogens with two attached hydrogens (primary N) is 1. The second-order valence-corrected chi connectivity index (χ2v) is 6.17. The molecule has 0 saturated carbocycles. The Morgan fingerprint density at radius 2 is 2.20 bits per heavy atom. The van der Waals surface area contributed by atoms with Crippen LogP contribution in [-0.4, -0.2) is 45.9 Å². The highest BCUT2D eigenvalue weighted by atomic mass is 16.6. The topological polar surface area (TPSA) is 94.5 Å². The summed E-state index contributed by atoms with van der Waals surface area (Å²) < 4.78 is 10.6. The first-order valence-electron chi connectivity index (χ1n) is 6.80. The standard InChI is InChI=1S/C13H22N4O3/c1-8-15-11(20-16-8)9-7-17(6-5-10(9)14)12(18)19-13(2,3)4/h9-10H,5-7,14H2,1-4H3. The summed E-state index contributed by atoms with van der Waals surface area (Å²) >= 11 is 0. The molecule has 0 radical (unpaired) electrons. The summed E-state index contributed by atoms with van der Waals surface area (Å²) in [5.41, 5.74) is 5.60. The van der Waals surface area contributed by atoms with E-state index in [1.165, 1.54) is 0 Å². The maximum absolute atomic E-state index is 12.1. The third kappa shape index (κ3) is 3.47. The maximum Gasteiger partial charge on any atom is 0.410 e. The Labute approximate surface area is 118 Å². The molecule has 0 aromatic carbocycles. The predicted octanol–water partition coefficient (Wildman–Crippen LogP) is 1.43. The molecule has 1 aliphatic rings. The van der Waals surface area contributed by atoms with Gasteiger partial charge in [-0.3, -0.25) is 0 Å². The van der Waals surface area contributed by atoms with Crippen LogP contribution in [0.15, 0.2) is 4.52 Å². The lowest BCUT2D eigenvalue weighted by atomic mass is 9.93. The van der Waals surface area contributed by atoms with Crippen LogP contribution >= 0.6 is 0 Å². The molecule has 112 valence electrons. The molecule has 20 heavy (non-hydrogen) atoms. The zero-order valence-electron chi connectivity index (χ0n) is 12.4. The molecule has 0 aliphatic carbocycles. The second kappa shape index (κ2) is 5.40. The molecule has 2 heterocycles. The van der Waals surface area contributed by atoms with Crippen LogP contribution in [0.3, 0.4) is 0 Å². The Balaban J connectivity index is 2.06. The molecule has 2 rings (SSSR count). The number of hydrogen-bond acceptors (Lipinski definition) is 6. The van der Waals surface area contributed by atoms with E-state index in [1.807, 2.05) is 20.8 Å². The molecule has 1 aromatic heterocycles. The van der Waals surface area contributed by atoms with Gasteiger partial charge in [0.1, 0.15) is 5.60 Å². The van der Waals surface area contributed by atoms with Gasteiger partial charge in [-0.15, -0.1) is 0 Å². The van der Waals surface area contributed by atoms with E-state index in [1.54, 1.807) is 11.8 Å². The van der Waals surface area contributed by atoms with E-state index in [0.717, 1.165) is 0 Å². The SMILES string of the molecule is Cc1noc(C2CN(C(=O)OC(C)(C)C)CCC2N)n1. The maximum atomic E-state index is 12.1. The van der Waals surface area contributed by atoms with E-state index in [-0.39, 0.29) is 18.1 Å². The summed E-state index contributed by atoms with van der Waals surface area (Å²) in [6, 6.07) is -0.0893. The van der Waals surface area contributed by atoms with Gasteiger partial charge >= 0.3 is 6.09 Å². The highest BCUT2D eigenvalue weighted by Crippen LogP contribution is 2.26. The van der Waals surface area contributed by atoms with Crippen LogP contribution < -0.4 is 5.73 Å². The Hall–Kier alpha value is -1.63. The minimum Gasteiger partial charge on any atom is -0.444 e. The van der Waals surface area contributed by atoms with Crippen molar-refractivity contribution in [2.24, 2.45) is 5.73 Å². The van der Waals surface area contributed by atoms with Crippen LogP contribution in [0, 0.1) is 6.92 Å². The summed E-state index contributed by atoms with van der Waals surface area (Å²) in [5, 5.41) is 3.78. The first-order valence-corrected chi connectivity index (χ1v) is 6.80. The summed E-state index contributed by atoms with van der Waals surface area (Å²) in [6.07, 6.45) is 0.358. The normalized spacial score (nSPS) is 23.8. The molecule has 1 amide bonds. The van der Waals surface area contributed by atoms with E-state index in [9.17, 15) is 4.79 Å². The van der Waals surface area contributed by atoms with Gasteiger partial charge < -0.3 is 19.9 Å². The lowest BCUT2D eigenvalue weighted by Crippen LogP contribution is -2.49. The number of aromatic nitrogens is 2. The van der Waals surface area contributed by atoms with Crippen molar-refractivity contribution in [3.8, 4) is 0 Å². The van der Waals surface area contributed by atoms with Gasteiger partial charge in [0.15, 0.2) is 5.82 Å². The van der Waals surface area contributed by atoms with Gasteiger partial charge in [0.05, 0.1) is 5.92 Å². The van der Waals surface area contributed by atoms with Crippen molar-refractivity contribution in [3.05, 3.63) is 11.7 Å². The highest BCUT2D eigenvalue weighted by Gasteiger charge is 2.35. The average Bonchev–Trinajstić information content (AvgIpc) is 2.74. The van der Waals surface area contributed by atoms with Crippen molar-refractivity contribution in [1.82, 2.24) is 15.0 Å². The first kappa shape index (κ1) is 14.8. The zero-order chi connectivity index (χ0) is 14.9. The molecule has 1 aromatic rings. The van der Waals surface area contributed by atoms with Crippen molar-refractivity contribution < 1.29 is 14.1 Å². The quantitative estimate of drug-likeness (QED) is 0.837. The molecule has 7 nitrogen and oxygen atoms in total. The van der Waals surface area contributed by atoms with Crippen molar-refractivity contribution >= 4 is 6.09 Å². The third-order valence-electron chi connectivity index (χ3n) is 3.18. The second-order valence-electron chi connectivity index (χ2n) is 6.17. The molecule has 2 atom stereocenters. The van der Waals surface area contributed by atoms with Gasteiger partial charge in [0.25, 0.3) is 0 Å². The molecule has 7 heteroatoms. The Morgan fingerprint density at radius 1 is 1.50 bits per heavy atom. The van der Waals surface area contributed by atoms with E-state index in [4.69, 9.17) is 15.0 Å². The fourth-order valence-corrected chi connectivity index (χ4v) is 2.19. The molecule has 1 aliphatic heterocycles. The van der Waals surface area contributed by atoms with Crippen molar-refractivity contribution in [1.29, 1.82) is 0 Å². The monoisotopic (exact) mass is 282 g/mol. The van der Waals surface area contributed by atoms with Crippen LogP contribution in [0.2, 0.25) is 0 Å². The summed E-state index contributed by atoms with van der Waals surface area (Å²) in [6.45, 7) is 8.32. The Morgan fingerprint density at radius 3 is 2.75 bits per heavy atom. The number of rotatable bonds is 1. The fraction of sp³-hybridized carbons (Fsp3) is 0.769. The van der Waals surface area contributed by atoms with Crippen molar-refractivity contribution in [3.63, 3.8) is 0 Å². The predicted molar refractivity (Wildman–Crippen MR) is 72.2 cm³/mol. The average molecular weight is 282 g/mol. The molecule has 1 saturated heterocycles. The third-order valence-corrected chi connectivity index (χ3v) is 3.18. The van der Waals surface area contributed by atoms with Crippen molar-refractivity contribution in [2.75, 3.05) is 13.1 Å². The van der Waals surface area contributed by atoms with Gasteiger partial charge in [0.2, 0.25) is 5.89 Å². The first-order chi connectivity index (χ1) is 9.26. The van der Waals surface area contributed by atoms with E-state index in [2.05, 4.69) is 10.1 Å². The van der Waals surface area contributed by atoms with Gasteiger partial charge in [-0.1, -0.05) is 5.16 Å². The Kier molecular flexibility index (Phi) is 3.99. The van der Waals surface area contributed by atoms with Crippen LogP contribution in [0.1, 0.15) is 44.8 Å². The number of aryl methyl sites for hydroxylation is 1. The van der Waals surface area contributed by atoms with Gasteiger partial charge in [-0.25, -0.2) is 4.79 Å². The van der Waals surface area contributed by atoms with E-state index >= 15 is 0 Å². The minimum atomic E-state index is -0.507. The number of ether oxygens (including phenoxy) is 1. The largest absolute Gasteiger partial charge is 0.444 e. The molecule has 1 fully saturated rings. The number of nitrogens with zero attached hydrogens (tertiary/aromatic N) is 3. The van der Waals surface area contributed by atoms with Gasteiger partial charge in [0, 0.05) is 19.1 Å². The number of hydrogen-bond donors (Lipinski definition) is 1. The van der Waals surface area contributed by atoms with Crippen LogP contribution in [0.4, 0.5) is 4.79 Å². The van der Waals surface area contributed by atoms with Gasteiger partial charge in [-0.05, 0) is 34.1 Å². The number of piperidine rings is 1. The highest BCUT2D eigenvalue weighted by molar-refractivity contribution is 5.68. The summed E-state index contributed by atoms with van der Waals surface area (Å²) in [4.78, 5) is 18.0. The van der Waals surface area contributed by atoms with Crippen LogP contribution in [0.5, 0.6) is 0 Å². The molecule has 0 spiro atoms. The molecule has 2 N–H and O–H groups in total. The number of carbonyl (C=O) groups excluding carboxylic acids is 1. The lowest BCUT2D eigenvalue weighted by Gasteiger charge is -2.35. The van der Waals surface area contributed by atoms with Gasteiger partial charge in [-0.2, -0.15) is 4.98 Å². The number of amides is 1. The molecular weight excluding hydrogens is 260 g/mol. The number of carbonyl (C=O) groups is 1. The van der Waals surface area contributed by atoms with Crippen molar-refractivity contribution in [2.45, 2.75) is 51.7 Å². The summed E-state index contributed by atoms with van der Waals surface area (Å²) in [5.74, 6) is 0.919. The lowest BCUT2D eigenvalue weighted by molar-refractivity contribution is 0.0175. The molecule has 2 unspecified atom stereocenters. The molecular formula is C13H22N4O3. The fourth-order valence-electron chi connectivity index (χ4n) is 2.19. The van der Waals surface area contributed by atoms with Crippen LogP contribution in [0.25, 0.3) is 0 Å². The Bertz CT molecular complexity index is 480. The minimum absolute atomic E-state index is 0.0893. The summed E-state index contributed by atoms with van der Waals surface area (Å²) in [7, 11) is 0. The van der Waals surface area contributed by atoms with E-state index < -0.39 is 5.60 Å². The van der Waals surface area contributed by atoms with Crippen LogP contribution in [-0.2, 0) is 4.74 Å². The number of likely N-dealkylation sites (tertiary alicyclic amines) is 1. The zero-order valence-corrected chi connectivity index (χ0v) is 12.4. The van der Waals surface area contributed by atoms with E-state index in [0.29, 0.717) is 31.2 Å². The smallest absolute Gasteiger partial charge is 0.410 e. The molecule has 0 bridgehead atoms.